The Morgan fingerprint density at radius 2 is 2.29 bits per heavy atom. The summed E-state index contributed by atoms with van der Waals surface area (Å²) in [5.74, 6) is 0.400. The van der Waals surface area contributed by atoms with Crippen LogP contribution in [0.4, 0.5) is 0 Å². The molecule has 2 aliphatic carbocycles. The zero-order valence-corrected chi connectivity index (χ0v) is 8.91. The third-order valence-electron chi connectivity index (χ3n) is 3.70. The molecule has 0 heterocycles. The molecular formula is C11H18O3. The van der Waals surface area contributed by atoms with Crippen LogP contribution in [0.2, 0.25) is 0 Å². The summed E-state index contributed by atoms with van der Waals surface area (Å²) in [5.41, 5.74) is -0.148. The Balaban J connectivity index is 2.04. The first-order chi connectivity index (χ1) is 6.76. The summed E-state index contributed by atoms with van der Waals surface area (Å²) in [6, 6.07) is 0. The van der Waals surface area contributed by atoms with Crippen LogP contribution in [-0.2, 0) is 14.3 Å². The number of ether oxygens (including phenoxy) is 2. The van der Waals surface area contributed by atoms with E-state index in [0.29, 0.717) is 12.5 Å². The highest BCUT2D eigenvalue weighted by atomic mass is 16.5. The van der Waals surface area contributed by atoms with Crippen LogP contribution in [0.15, 0.2) is 0 Å². The van der Waals surface area contributed by atoms with Gasteiger partial charge >= 0.3 is 5.97 Å². The van der Waals surface area contributed by atoms with E-state index in [-0.39, 0.29) is 17.5 Å². The number of methoxy groups -OCH3 is 1. The number of rotatable bonds is 3. The van der Waals surface area contributed by atoms with E-state index in [4.69, 9.17) is 9.47 Å². The molecule has 0 unspecified atom stereocenters. The monoisotopic (exact) mass is 198 g/mol. The third kappa shape index (κ3) is 1.26. The van der Waals surface area contributed by atoms with Gasteiger partial charge in [-0.15, -0.1) is 0 Å². The fourth-order valence-electron chi connectivity index (χ4n) is 2.99. The Kier molecular flexibility index (Phi) is 2.52. The normalized spacial score (nSPS) is 40.1. The molecule has 0 saturated heterocycles. The van der Waals surface area contributed by atoms with Crippen LogP contribution in [0.1, 0.15) is 32.6 Å². The molecule has 0 bridgehead atoms. The van der Waals surface area contributed by atoms with Crippen molar-refractivity contribution in [2.75, 3.05) is 13.7 Å². The SMILES string of the molecule is CCOC(=O)[C@@H]1[C@@H]2CCCC[C@]12OC. The van der Waals surface area contributed by atoms with Gasteiger partial charge < -0.3 is 9.47 Å². The molecule has 3 atom stereocenters. The van der Waals surface area contributed by atoms with Crippen LogP contribution in [0.5, 0.6) is 0 Å². The predicted molar refractivity (Wildman–Crippen MR) is 51.8 cm³/mol. The zero-order valence-electron chi connectivity index (χ0n) is 8.91. The van der Waals surface area contributed by atoms with Crippen molar-refractivity contribution in [3.05, 3.63) is 0 Å². The first kappa shape index (κ1) is 9.97. The van der Waals surface area contributed by atoms with Gasteiger partial charge in [-0.3, -0.25) is 4.79 Å². The Bertz CT molecular complexity index is 239. The van der Waals surface area contributed by atoms with Crippen molar-refractivity contribution in [1.29, 1.82) is 0 Å². The van der Waals surface area contributed by atoms with Crippen molar-refractivity contribution in [2.45, 2.75) is 38.2 Å². The van der Waals surface area contributed by atoms with Gasteiger partial charge in [0, 0.05) is 13.0 Å². The second kappa shape index (κ2) is 3.54. The molecule has 80 valence electrons. The van der Waals surface area contributed by atoms with Crippen molar-refractivity contribution < 1.29 is 14.3 Å². The van der Waals surface area contributed by atoms with E-state index < -0.39 is 0 Å². The zero-order chi connectivity index (χ0) is 10.2. The van der Waals surface area contributed by atoms with E-state index in [0.717, 1.165) is 12.8 Å². The molecular weight excluding hydrogens is 180 g/mol. The van der Waals surface area contributed by atoms with Crippen molar-refractivity contribution in [2.24, 2.45) is 11.8 Å². The molecule has 0 aromatic carbocycles. The summed E-state index contributed by atoms with van der Waals surface area (Å²) in [5, 5.41) is 0. The summed E-state index contributed by atoms with van der Waals surface area (Å²) >= 11 is 0. The van der Waals surface area contributed by atoms with Gasteiger partial charge in [0.15, 0.2) is 0 Å². The number of carbonyl (C=O) groups excluding carboxylic acids is 1. The molecule has 0 N–H and O–H groups in total. The molecule has 2 rings (SSSR count). The quantitative estimate of drug-likeness (QED) is 0.648. The van der Waals surface area contributed by atoms with Crippen LogP contribution < -0.4 is 0 Å². The minimum atomic E-state index is -0.148. The van der Waals surface area contributed by atoms with Crippen molar-refractivity contribution >= 4 is 5.97 Å². The lowest BCUT2D eigenvalue weighted by Crippen LogP contribution is -2.22. The van der Waals surface area contributed by atoms with Gasteiger partial charge in [0.2, 0.25) is 0 Å². The Labute approximate surface area is 84.8 Å². The highest BCUT2D eigenvalue weighted by molar-refractivity contribution is 5.79. The smallest absolute Gasteiger partial charge is 0.312 e. The van der Waals surface area contributed by atoms with E-state index in [9.17, 15) is 4.79 Å². The minimum absolute atomic E-state index is 0.0231. The Hall–Kier alpha value is -0.570. The average molecular weight is 198 g/mol. The largest absolute Gasteiger partial charge is 0.466 e. The fourth-order valence-corrected chi connectivity index (χ4v) is 2.99. The molecule has 0 radical (unpaired) electrons. The average Bonchev–Trinajstić information content (AvgIpc) is 2.87. The van der Waals surface area contributed by atoms with Crippen LogP contribution in [0.25, 0.3) is 0 Å². The maximum Gasteiger partial charge on any atom is 0.312 e. The third-order valence-corrected chi connectivity index (χ3v) is 3.70. The number of hydrogen-bond donors (Lipinski definition) is 0. The summed E-state index contributed by atoms with van der Waals surface area (Å²) in [7, 11) is 1.72. The van der Waals surface area contributed by atoms with Gasteiger partial charge in [0.05, 0.1) is 18.1 Å². The highest BCUT2D eigenvalue weighted by Crippen LogP contribution is 2.61. The lowest BCUT2D eigenvalue weighted by molar-refractivity contribution is -0.147. The van der Waals surface area contributed by atoms with E-state index in [2.05, 4.69) is 0 Å². The first-order valence-electron chi connectivity index (χ1n) is 5.48. The number of fused-ring (bicyclic) bond motifs is 1. The second-order valence-corrected chi connectivity index (χ2v) is 4.24. The van der Waals surface area contributed by atoms with Crippen molar-refractivity contribution in [1.82, 2.24) is 0 Å². The minimum Gasteiger partial charge on any atom is -0.466 e. The molecule has 3 nitrogen and oxygen atoms in total. The first-order valence-corrected chi connectivity index (χ1v) is 5.48. The maximum atomic E-state index is 11.6. The molecule has 0 amide bonds. The van der Waals surface area contributed by atoms with Gasteiger partial charge in [-0.25, -0.2) is 0 Å². The molecule has 0 spiro atoms. The van der Waals surface area contributed by atoms with E-state index in [1.807, 2.05) is 6.92 Å². The summed E-state index contributed by atoms with van der Waals surface area (Å²) in [6.45, 7) is 2.32. The van der Waals surface area contributed by atoms with Gasteiger partial charge in [-0.1, -0.05) is 12.8 Å². The van der Waals surface area contributed by atoms with Gasteiger partial charge in [-0.05, 0) is 19.8 Å². The van der Waals surface area contributed by atoms with Gasteiger partial charge in [0.1, 0.15) is 0 Å². The van der Waals surface area contributed by atoms with Crippen molar-refractivity contribution in [3.8, 4) is 0 Å². The van der Waals surface area contributed by atoms with E-state index >= 15 is 0 Å². The predicted octanol–water partition coefficient (Wildman–Crippen LogP) is 1.75. The standard InChI is InChI=1S/C11H18O3/c1-3-14-10(12)9-8-6-4-5-7-11(8,9)13-2/h8-9H,3-7H2,1-2H3/t8-,9-,11+/m0/s1. The molecule has 3 heteroatoms. The Morgan fingerprint density at radius 3 is 2.86 bits per heavy atom. The molecule has 0 aromatic rings. The van der Waals surface area contributed by atoms with E-state index in [1.54, 1.807) is 7.11 Å². The summed E-state index contributed by atoms with van der Waals surface area (Å²) in [4.78, 5) is 11.6. The fraction of sp³-hybridized carbons (Fsp3) is 0.909. The lowest BCUT2D eigenvalue weighted by Gasteiger charge is -2.19. The van der Waals surface area contributed by atoms with Gasteiger partial charge in [0.25, 0.3) is 0 Å². The molecule has 0 aliphatic heterocycles. The molecule has 14 heavy (non-hydrogen) atoms. The van der Waals surface area contributed by atoms with Crippen molar-refractivity contribution in [3.63, 3.8) is 0 Å². The topological polar surface area (TPSA) is 35.5 Å². The molecule has 2 fully saturated rings. The van der Waals surface area contributed by atoms with Crippen LogP contribution in [-0.4, -0.2) is 25.3 Å². The van der Waals surface area contributed by atoms with Crippen LogP contribution in [0, 0.1) is 11.8 Å². The van der Waals surface area contributed by atoms with Gasteiger partial charge in [-0.2, -0.15) is 0 Å². The number of esters is 1. The summed E-state index contributed by atoms with van der Waals surface area (Å²) < 4.78 is 10.6. The maximum absolute atomic E-state index is 11.6. The lowest BCUT2D eigenvalue weighted by atomic mass is 9.98. The van der Waals surface area contributed by atoms with E-state index in [1.165, 1.54) is 12.8 Å². The second-order valence-electron chi connectivity index (χ2n) is 4.24. The number of hydrogen-bond acceptors (Lipinski definition) is 3. The van der Waals surface area contributed by atoms with Crippen LogP contribution >= 0.6 is 0 Å². The number of carbonyl (C=O) groups is 1. The molecule has 0 aromatic heterocycles. The molecule has 2 saturated carbocycles. The summed E-state index contributed by atoms with van der Waals surface area (Å²) in [6.07, 6.45) is 4.56. The highest BCUT2D eigenvalue weighted by Gasteiger charge is 2.69. The van der Waals surface area contributed by atoms with Crippen LogP contribution in [0.3, 0.4) is 0 Å². The Morgan fingerprint density at radius 1 is 1.50 bits per heavy atom. The molecule has 2 aliphatic rings.